The summed E-state index contributed by atoms with van der Waals surface area (Å²) in [5.41, 5.74) is 1.77. The van der Waals surface area contributed by atoms with Crippen molar-refractivity contribution in [2.75, 3.05) is 0 Å². The molecule has 0 N–H and O–H groups in total. The summed E-state index contributed by atoms with van der Waals surface area (Å²) in [7, 11) is 0. The summed E-state index contributed by atoms with van der Waals surface area (Å²) >= 11 is 0. The molecule has 0 aromatic heterocycles. The van der Waals surface area contributed by atoms with Crippen molar-refractivity contribution in [2.45, 2.75) is 66.2 Å². The normalized spacial score (nSPS) is 31.4. The van der Waals surface area contributed by atoms with Crippen molar-refractivity contribution < 1.29 is 4.79 Å². The van der Waals surface area contributed by atoms with E-state index in [4.69, 9.17) is 0 Å². The highest BCUT2D eigenvalue weighted by Crippen LogP contribution is 2.30. The lowest BCUT2D eigenvalue weighted by atomic mass is 9.82. The minimum atomic E-state index is 0.265. The van der Waals surface area contributed by atoms with Gasteiger partial charge in [-0.05, 0) is 44.4 Å². The molecule has 0 spiro atoms. The Morgan fingerprint density at radius 1 is 1.31 bits per heavy atom. The number of ketones is 1. The first kappa shape index (κ1) is 13.5. The van der Waals surface area contributed by atoms with Gasteiger partial charge in [0.25, 0.3) is 0 Å². The fourth-order valence-corrected chi connectivity index (χ4v) is 2.21. The fraction of sp³-hybridized carbons (Fsp3) is 0.800. The molecule has 0 saturated heterocycles. The second kappa shape index (κ2) is 5.65. The SMILES string of the molecule is C/C1=C/CC(C)(C)CCC(=O)C(C)CCC1. The zero-order valence-corrected chi connectivity index (χ0v) is 11.3. The molecule has 0 saturated carbocycles. The molecule has 0 amide bonds. The van der Waals surface area contributed by atoms with Crippen molar-refractivity contribution in [3.8, 4) is 0 Å². The second-order valence-electron chi connectivity index (χ2n) is 6.18. The summed E-state index contributed by atoms with van der Waals surface area (Å²) < 4.78 is 0. The Labute approximate surface area is 100 Å². The van der Waals surface area contributed by atoms with Gasteiger partial charge in [0.2, 0.25) is 0 Å². The maximum absolute atomic E-state index is 11.9. The molecule has 0 aliphatic heterocycles. The monoisotopic (exact) mass is 222 g/mol. The first-order valence-corrected chi connectivity index (χ1v) is 6.59. The van der Waals surface area contributed by atoms with Gasteiger partial charge in [-0.25, -0.2) is 0 Å². The Balaban J connectivity index is 2.70. The zero-order valence-electron chi connectivity index (χ0n) is 11.3. The lowest BCUT2D eigenvalue weighted by Gasteiger charge is -2.23. The van der Waals surface area contributed by atoms with Gasteiger partial charge in [0.15, 0.2) is 0 Å². The van der Waals surface area contributed by atoms with Crippen molar-refractivity contribution in [3.05, 3.63) is 11.6 Å². The molecule has 1 nitrogen and oxygen atoms in total. The van der Waals surface area contributed by atoms with Gasteiger partial charge in [-0.3, -0.25) is 4.79 Å². The van der Waals surface area contributed by atoms with Crippen LogP contribution < -0.4 is 0 Å². The molecule has 0 heterocycles. The van der Waals surface area contributed by atoms with Crippen LogP contribution in [0.2, 0.25) is 0 Å². The third kappa shape index (κ3) is 4.51. The van der Waals surface area contributed by atoms with Gasteiger partial charge in [-0.15, -0.1) is 0 Å². The lowest BCUT2D eigenvalue weighted by molar-refractivity contribution is -0.123. The summed E-state index contributed by atoms with van der Waals surface area (Å²) in [4.78, 5) is 11.9. The Hall–Kier alpha value is -0.590. The molecular formula is C15H26O. The molecule has 1 unspecified atom stereocenters. The number of Topliss-reactive ketones (excluding diaryl/α,β-unsaturated/α-hetero) is 1. The van der Waals surface area contributed by atoms with E-state index in [1.807, 2.05) is 0 Å². The van der Waals surface area contributed by atoms with Gasteiger partial charge >= 0.3 is 0 Å². The van der Waals surface area contributed by atoms with Gasteiger partial charge < -0.3 is 0 Å². The predicted octanol–water partition coefficient (Wildman–Crippen LogP) is 4.52. The Morgan fingerprint density at radius 2 is 2.00 bits per heavy atom. The van der Waals surface area contributed by atoms with Gasteiger partial charge in [0.1, 0.15) is 5.78 Å². The van der Waals surface area contributed by atoms with Crippen LogP contribution in [-0.4, -0.2) is 5.78 Å². The summed E-state index contributed by atoms with van der Waals surface area (Å²) in [6.07, 6.45) is 8.66. The van der Waals surface area contributed by atoms with Crippen LogP contribution in [0.4, 0.5) is 0 Å². The van der Waals surface area contributed by atoms with E-state index in [1.54, 1.807) is 0 Å². The second-order valence-corrected chi connectivity index (χ2v) is 6.18. The number of rotatable bonds is 0. The molecule has 0 aromatic carbocycles. The highest BCUT2D eigenvalue weighted by Gasteiger charge is 2.21. The van der Waals surface area contributed by atoms with Crippen molar-refractivity contribution in [1.29, 1.82) is 0 Å². The van der Waals surface area contributed by atoms with Gasteiger partial charge in [0, 0.05) is 12.3 Å². The van der Waals surface area contributed by atoms with Crippen LogP contribution in [0.3, 0.4) is 0 Å². The van der Waals surface area contributed by atoms with Crippen LogP contribution in [0.25, 0.3) is 0 Å². The van der Waals surface area contributed by atoms with Crippen LogP contribution in [0.1, 0.15) is 66.2 Å². The summed E-state index contributed by atoms with van der Waals surface area (Å²) in [6, 6.07) is 0. The minimum Gasteiger partial charge on any atom is -0.299 e. The summed E-state index contributed by atoms with van der Waals surface area (Å²) in [6.45, 7) is 8.85. The molecule has 1 atom stereocenters. The van der Waals surface area contributed by atoms with E-state index >= 15 is 0 Å². The lowest BCUT2D eigenvalue weighted by Crippen LogP contribution is -2.16. The van der Waals surface area contributed by atoms with Crippen molar-refractivity contribution in [3.63, 3.8) is 0 Å². The summed E-state index contributed by atoms with van der Waals surface area (Å²) in [5.74, 6) is 0.731. The smallest absolute Gasteiger partial charge is 0.135 e. The first-order chi connectivity index (χ1) is 7.41. The average Bonchev–Trinajstić information content (AvgIpc) is 2.23. The van der Waals surface area contributed by atoms with Crippen LogP contribution >= 0.6 is 0 Å². The van der Waals surface area contributed by atoms with Crippen LogP contribution in [0.5, 0.6) is 0 Å². The number of carbonyl (C=O) groups excluding carboxylic acids is 1. The Bertz CT molecular complexity index is 273. The fourth-order valence-electron chi connectivity index (χ4n) is 2.21. The van der Waals surface area contributed by atoms with E-state index in [-0.39, 0.29) is 11.3 Å². The van der Waals surface area contributed by atoms with E-state index in [2.05, 4.69) is 33.8 Å². The summed E-state index contributed by atoms with van der Waals surface area (Å²) in [5, 5.41) is 0. The molecule has 1 rings (SSSR count). The van der Waals surface area contributed by atoms with Gasteiger partial charge in [-0.2, -0.15) is 0 Å². The van der Waals surface area contributed by atoms with E-state index in [0.29, 0.717) is 5.78 Å². The van der Waals surface area contributed by atoms with E-state index in [1.165, 1.54) is 5.57 Å². The molecule has 0 aromatic rings. The third-order valence-corrected chi connectivity index (χ3v) is 3.81. The van der Waals surface area contributed by atoms with Crippen LogP contribution in [0.15, 0.2) is 11.6 Å². The average molecular weight is 222 g/mol. The van der Waals surface area contributed by atoms with Gasteiger partial charge in [0.05, 0.1) is 0 Å². The van der Waals surface area contributed by atoms with Crippen LogP contribution in [0, 0.1) is 11.3 Å². The van der Waals surface area contributed by atoms with Crippen molar-refractivity contribution in [1.82, 2.24) is 0 Å². The largest absolute Gasteiger partial charge is 0.299 e. The molecule has 92 valence electrons. The van der Waals surface area contributed by atoms with E-state index < -0.39 is 0 Å². The molecular weight excluding hydrogens is 196 g/mol. The molecule has 1 aliphatic rings. The van der Waals surface area contributed by atoms with Gasteiger partial charge in [-0.1, -0.05) is 32.4 Å². The van der Waals surface area contributed by atoms with E-state index in [0.717, 1.165) is 38.5 Å². The molecule has 0 fully saturated rings. The minimum absolute atomic E-state index is 0.265. The number of allylic oxidation sites excluding steroid dienone is 2. The maximum Gasteiger partial charge on any atom is 0.135 e. The van der Waals surface area contributed by atoms with E-state index in [9.17, 15) is 4.79 Å². The molecule has 0 radical (unpaired) electrons. The first-order valence-electron chi connectivity index (χ1n) is 6.59. The topological polar surface area (TPSA) is 17.1 Å². The zero-order chi connectivity index (χ0) is 12.2. The molecule has 1 heteroatoms. The van der Waals surface area contributed by atoms with Crippen molar-refractivity contribution >= 4 is 5.78 Å². The number of carbonyl (C=O) groups is 1. The van der Waals surface area contributed by atoms with Crippen LogP contribution in [-0.2, 0) is 4.79 Å². The molecule has 1 aliphatic carbocycles. The predicted molar refractivity (Wildman–Crippen MR) is 69.4 cm³/mol. The third-order valence-electron chi connectivity index (χ3n) is 3.81. The standard InChI is InChI=1S/C15H26O/c1-12-6-5-7-13(2)14(16)9-11-15(3,4)10-8-12/h8,13H,5-7,9-11H2,1-4H3/b12-8-. The Kier molecular flexibility index (Phi) is 4.76. The highest BCUT2D eigenvalue weighted by atomic mass is 16.1. The quantitative estimate of drug-likeness (QED) is 0.551. The number of hydrogen-bond acceptors (Lipinski definition) is 1. The maximum atomic E-state index is 11.9. The highest BCUT2D eigenvalue weighted by molar-refractivity contribution is 5.80. The molecule has 16 heavy (non-hydrogen) atoms. The van der Waals surface area contributed by atoms with Crippen molar-refractivity contribution in [2.24, 2.45) is 11.3 Å². The molecule has 0 bridgehead atoms. The Morgan fingerprint density at radius 3 is 2.69 bits per heavy atom. The number of hydrogen-bond donors (Lipinski definition) is 0.